The third-order valence-corrected chi connectivity index (χ3v) is 3.07. The van der Waals surface area contributed by atoms with Crippen LogP contribution in [-0.2, 0) is 0 Å². The summed E-state index contributed by atoms with van der Waals surface area (Å²) in [6.07, 6.45) is 0.531. The number of rotatable bonds is 5. The summed E-state index contributed by atoms with van der Waals surface area (Å²) in [6, 6.07) is 11.1. The van der Waals surface area contributed by atoms with Crippen molar-refractivity contribution in [1.29, 1.82) is 10.5 Å². The number of halogens is 1. The summed E-state index contributed by atoms with van der Waals surface area (Å²) in [6.45, 7) is 0.691. The Labute approximate surface area is 115 Å². The van der Waals surface area contributed by atoms with Crippen molar-refractivity contribution < 1.29 is 4.79 Å². The van der Waals surface area contributed by atoms with E-state index in [2.05, 4.69) is 15.9 Å². The smallest absolute Gasteiger partial charge is 0.255 e. The topological polar surface area (TPSA) is 67.9 Å². The van der Waals surface area contributed by atoms with Crippen molar-refractivity contribution in [2.45, 2.75) is 12.8 Å². The summed E-state index contributed by atoms with van der Waals surface area (Å²) in [4.78, 5) is 13.8. The third kappa shape index (κ3) is 3.87. The summed E-state index contributed by atoms with van der Waals surface area (Å²) in [7, 11) is 0. The lowest BCUT2D eigenvalue weighted by Crippen LogP contribution is -2.33. The fourth-order valence-electron chi connectivity index (χ4n) is 1.49. The fourth-order valence-corrected chi connectivity index (χ4v) is 1.94. The van der Waals surface area contributed by atoms with Gasteiger partial charge in [0.05, 0.1) is 30.5 Å². The van der Waals surface area contributed by atoms with E-state index in [1.54, 1.807) is 18.2 Å². The van der Waals surface area contributed by atoms with Crippen LogP contribution in [0.5, 0.6) is 0 Å². The van der Waals surface area contributed by atoms with Crippen LogP contribution in [0.25, 0.3) is 0 Å². The molecular weight excluding hydrogens is 294 g/mol. The van der Waals surface area contributed by atoms with Crippen molar-refractivity contribution in [1.82, 2.24) is 4.90 Å². The molecule has 0 aliphatic rings. The minimum Gasteiger partial charge on any atom is -0.337 e. The molecule has 4 nitrogen and oxygen atoms in total. The maximum Gasteiger partial charge on any atom is 0.255 e. The Morgan fingerprint density at radius 2 is 1.72 bits per heavy atom. The Morgan fingerprint density at radius 3 is 2.22 bits per heavy atom. The second-order valence-corrected chi connectivity index (χ2v) is 4.44. The van der Waals surface area contributed by atoms with Gasteiger partial charge in [-0.2, -0.15) is 10.5 Å². The third-order valence-electron chi connectivity index (χ3n) is 2.38. The highest BCUT2D eigenvalue weighted by molar-refractivity contribution is 9.10. The van der Waals surface area contributed by atoms with Crippen LogP contribution < -0.4 is 0 Å². The average molecular weight is 306 g/mol. The number of amides is 1. The number of hydrogen-bond donors (Lipinski definition) is 0. The Morgan fingerprint density at radius 1 is 1.17 bits per heavy atom. The Hall–Kier alpha value is -1.85. The number of hydrogen-bond acceptors (Lipinski definition) is 3. The van der Waals surface area contributed by atoms with E-state index in [9.17, 15) is 4.79 Å². The van der Waals surface area contributed by atoms with Gasteiger partial charge in [-0.25, -0.2) is 0 Å². The van der Waals surface area contributed by atoms with Crippen LogP contribution in [0.3, 0.4) is 0 Å². The van der Waals surface area contributed by atoms with Gasteiger partial charge in [0.15, 0.2) is 0 Å². The maximum absolute atomic E-state index is 12.3. The second kappa shape index (κ2) is 7.47. The van der Waals surface area contributed by atoms with Crippen molar-refractivity contribution in [3.8, 4) is 12.1 Å². The van der Waals surface area contributed by atoms with Gasteiger partial charge >= 0.3 is 0 Å². The molecule has 5 heteroatoms. The van der Waals surface area contributed by atoms with Gasteiger partial charge in [-0.05, 0) is 28.1 Å². The fraction of sp³-hybridized carbons (Fsp3) is 0.308. The molecule has 0 radical (unpaired) electrons. The highest BCUT2D eigenvalue weighted by Gasteiger charge is 2.17. The first-order valence-electron chi connectivity index (χ1n) is 5.48. The monoisotopic (exact) mass is 305 g/mol. The van der Waals surface area contributed by atoms with Crippen molar-refractivity contribution in [3.05, 3.63) is 34.3 Å². The molecule has 0 saturated heterocycles. The average Bonchev–Trinajstić information content (AvgIpc) is 2.39. The molecule has 0 aliphatic heterocycles. The molecule has 0 aromatic heterocycles. The van der Waals surface area contributed by atoms with Crippen molar-refractivity contribution in [3.63, 3.8) is 0 Å². The molecule has 0 aliphatic carbocycles. The zero-order chi connectivity index (χ0) is 13.4. The van der Waals surface area contributed by atoms with Crippen LogP contribution >= 0.6 is 15.9 Å². The molecule has 0 N–H and O–H groups in total. The van der Waals surface area contributed by atoms with Gasteiger partial charge < -0.3 is 4.90 Å². The van der Waals surface area contributed by atoms with Crippen molar-refractivity contribution >= 4 is 21.8 Å². The molecule has 0 saturated carbocycles. The van der Waals surface area contributed by atoms with E-state index in [0.717, 1.165) is 0 Å². The second-order valence-electron chi connectivity index (χ2n) is 3.59. The molecule has 1 amide bonds. The number of benzene rings is 1. The van der Waals surface area contributed by atoms with E-state index >= 15 is 0 Å². The van der Waals surface area contributed by atoms with Gasteiger partial charge in [0.25, 0.3) is 5.91 Å². The highest BCUT2D eigenvalue weighted by Crippen LogP contribution is 2.18. The van der Waals surface area contributed by atoms with E-state index in [1.807, 2.05) is 18.2 Å². The highest BCUT2D eigenvalue weighted by atomic mass is 79.9. The summed E-state index contributed by atoms with van der Waals surface area (Å²) < 4.78 is 0.717. The van der Waals surface area contributed by atoms with Crippen LogP contribution in [-0.4, -0.2) is 23.9 Å². The molecule has 0 fully saturated rings. The lowest BCUT2D eigenvalue weighted by molar-refractivity contribution is 0.0761. The predicted octanol–water partition coefficient (Wildman–Crippen LogP) is 2.72. The van der Waals surface area contributed by atoms with Gasteiger partial charge in [-0.15, -0.1) is 0 Å². The minimum absolute atomic E-state index is 0.159. The summed E-state index contributed by atoms with van der Waals surface area (Å²) in [5.41, 5.74) is 0.549. The molecule has 92 valence electrons. The Balaban J connectivity index is 2.85. The largest absolute Gasteiger partial charge is 0.337 e. The number of carbonyl (C=O) groups is 1. The van der Waals surface area contributed by atoms with Crippen LogP contribution in [0.1, 0.15) is 23.2 Å². The number of nitriles is 2. The van der Waals surface area contributed by atoms with Crippen LogP contribution in [0.15, 0.2) is 28.7 Å². The molecule has 1 rings (SSSR count). The SMILES string of the molecule is N#CCCN(CCC#N)C(=O)c1ccccc1Br. The zero-order valence-electron chi connectivity index (χ0n) is 9.77. The molecular formula is C13H12BrN3O. The van der Waals surface area contributed by atoms with Gasteiger partial charge in [-0.1, -0.05) is 12.1 Å². The molecule has 0 bridgehead atoms. The zero-order valence-corrected chi connectivity index (χ0v) is 11.4. The normalized spacial score (nSPS) is 9.28. The van der Waals surface area contributed by atoms with E-state index in [0.29, 0.717) is 23.1 Å². The minimum atomic E-state index is -0.159. The van der Waals surface area contributed by atoms with Gasteiger partial charge in [0.1, 0.15) is 0 Å². The molecule has 0 heterocycles. The standard InChI is InChI=1S/C13H12BrN3O/c14-12-6-2-1-5-11(12)13(18)17(9-3-7-15)10-4-8-16/h1-2,5-6H,3-4,9-10H2. The van der Waals surface area contributed by atoms with Crippen molar-refractivity contribution in [2.75, 3.05) is 13.1 Å². The first kappa shape index (κ1) is 14.2. The van der Waals surface area contributed by atoms with E-state index < -0.39 is 0 Å². The molecule has 1 aromatic carbocycles. The molecule has 1 aromatic rings. The molecule has 0 atom stereocenters. The predicted molar refractivity (Wildman–Crippen MR) is 70.5 cm³/mol. The van der Waals surface area contributed by atoms with Gasteiger partial charge in [-0.3, -0.25) is 4.79 Å². The Kier molecular flexibility index (Phi) is 5.90. The lowest BCUT2D eigenvalue weighted by atomic mass is 10.2. The summed E-state index contributed by atoms with van der Waals surface area (Å²) in [5, 5.41) is 17.2. The van der Waals surface area contributed by atoms with Crippen LogP contribution in [0, 0.1) is 22.7 Å². The van der Waals surface area contributed by atoms with E-state index in [-0.39, 0.29) is 18.7 Å². The summed E-state index contributed by atoms with van der Waals surface area (Å²) in [5.74, 6) is -0.159. The van der Waals surface area contributed by atoms with Gasteiger partial charge in [0, 0.05) is 17.6 Å². The van der Waals surface area contributed by atoms with Gasteiger partial charge in [0.2, 0.25) is 0 Å². The number of carbonyl (C=O) groups excluding carboxylic acids is 1. The lowest BCUT2D eigenvalue weighted by Gasteiger charge is -2.20. The van der Waals surface area contributed by atoms with Crippen LogP contribution in [0.4, 0.5) is 0 Å². The maximum atomic E-state index is 12.3. The first-order valence-corrected chi connectivity index (χ1v) is 6.27. The quantitative estimate of drug-likeness (QED) is 0.840. The molecule has 0 spiro atoms. The first-order chi connectivity index (χ1) is 8.70. The molecule has 18 heavy (non-hydrogen) atoms. The Bertz CT molecular complexity index is 484. The molecule has 0 unspecified atom stereocenters. The summed E-state index contributed by atoms with van der Waals surface area (Å²) >= 11 is 3.32. The number of nitrogens with zero attached hydrogens (tertiary/aromatic N) is 3. The van der Waals surface area contributed by atoms with E-state index in [1.165, 1.54) is 4.90 Å². The van der Waals surface area contributed by atoms with E-state index in [4.69, 9.17) is 10.5 Å². The van der Waals surface area contributed by atoms with Crippen LogP contribution in [0.2, 0.25) is 0 Å². The van der Waals surface area contributed by atoms with Crippen molar-refractivity contribution in [2.24, 2.45) is 0 Å².